The molecule has 0 aromatic heterocycles. The maximum atomic E-state index is 12.1. The zero-order valence-electron chi connectivity index (χ0n) is 13.1. The zero-order chi connectivity index (χ0) is 16.8. The van der Waals surface area contributed by atoms with E-state index < -0.39 is 0 Å². The molecule has 5 nitrogen and oxygen atoms in total. The van der Waals surface area contributed by atoms with Crippen molar-refractivity contribution >= 4 is 28.1 Å². The van der Waals surface area contributed by atoms with Gasteiger partial charge in [-0.05, 0) is 36.8 Å². The molecular weight excluding hydrogens is 360 g/mol. The van der Waals surface area contributed by atoms with Crippen LogP contribution >= 0.6 is 15.9 Å². The lowest BCUT2D eigenvalue weighted by Crippen LogP contribution is -2.17. The number of para-hydroxylation sites is 1. The molecule has 0 aliphatic carbocycles. The number of benzene rings is 2. The van der Waals surface area contributed by atoms with Crippen molar-refractivity contribution in [1.82, 2.24) is 5.43 Å². The maximum Gasteiger partial charge on any atom is 0.271 e. The Bertz CT molecular complexity index is 745. The van der Waals surface area contributed by atoms with E-state index in [2.05, 4.69) is 26.5 Å². The number of nitrogens with zero attached hydrogens (tertiary/aromatic N) is 1. The minimum absolute atomic E-state index is 0.288. The quantitative estimate of drug-likeness (QED) is 0.641. The molecule has 0 aliphatic heterocycles. The Balaban J connectivity index is 2.12. The number of nitrogens with one attached hydrogen (secondary N) is 1. The molecule has 23 heavy (non-hydrogen) atoms. The molecule has 0 saturated carbocycles. The molecular formula is C17H17BrN2O3. The SMILES string of the molecule is COc1cccc(C=NNC(=O)c2ccc(C)c(Br)c2)c1OC. The molecule has 6 heteroatoms. The number of carbonyl (C=O) groups is 1. The molecule has 0 spiro atoms. The maximum absolute atomic E-state index is 12.1. The number of halogens is 1. The van der Waals surface area contributed by atoms with E-state index >= 15 is 0 Å². The molecule has 0 saturated heterocycles. The Morgan fingerprint density at radius 1 is 1.22 bits per heavy atom. The fraction of sp³-hybridized carbons (Fsp3) is 0.176. The number of hydrogen-bond donors (Lipinski definition) is 1. The van der Waals surface area contributed by atoms with Crippen LogP contribution in [0.15, 0.2) is 46.0 Å². The molecule has 0 aliphatic rings. The molecule has 0 radical (unpaired) electrons. The van der Waals surface area contributed by atoms with Gasteiger partial charge in [0.1, 0.15) is 0 Å². The number of hydrogen-bond acceptors (Lipinski definition) is 4. The molecule has 120 valence electrons. The minimum atomic E-state index is -0.288. The first-order valence-corrected chi connectivity index (χ1v) is 7.66. The number of ether oxygens (including phenoxy) is 2. The average molecular weight is 377 g/mol. The summed E-state index contributed by atoms with van der Waals surface area (Å²) in [6.45, 7) is 1.96. The molecule has 0 bridgehead atoms. The Morgan fingerprint density at radius 2 is 2.00 bits per heavy atom. The molecule has 2 aromatic carbocycles. The first-order chi connectivity index (χ1) is 11.1. The van der Waals surface area contributed by atoms with E-state index in [0.29, 0.717) is 22.6 Å². The van der Waals surface area contributed by atoms with Crippen LogP contribution in [0.25, 0.3) is 0 Å². The van der Waals surface area contributed by atoms with Crippen LogP contribution in [0.5, 0.6) is 11.5 Å². The van der Waals surface area contributed by atoms with Crippen molar-refractivity contribution in [2.45, 2.75) is 6.92 Å². The van der Waals surface area contributed by atoms with Gasteiger partial charge in [0.2, 0.25) is 0 Å². The molecule has 0 fully saturated rings. The summed E-state index contributed by atoms with van der Waals surface area (Å²) in [5.41, 5.74) is 4.79. The predicted octanol–water partition coefficient (Wildman–Crippen LogP) is 3.54. The second kappa shape index (κ2) is 7.78. The summed E-state index contributed by atoms with van der Waals surface area (Å²) in [5.74, 6) is 0.875. The zero-order valence-corrected chi connectivity index (χ0v) is 14.7. The topological polar surface area (TPSA) is 59.9 Å². The summed E-state index contributed by atoms with van der Waals surface area (Å²) in [6, 6.07) is 10.8. The first-order valence-electron chi connectivity index (χ1n) is 6.87. The molecule has 2 rings (SSSR count). The standard InChI is InChI=1S/C17H17BrN2O3/c1-11-7-8-12(9-14(11)18)17(21)20-19-10-13-5-4-6-15(22-2)16(13)23-3/h4-10H,1-3H3,(H,20,21). The van der Waals surface area contributed by atoms with E-state index in [4.69, 9.17) is 9.47 Å². The van der Waals surface area contributed by atoms with Crippen LogP contribution in [-0.2, 0) is 0 Å². The van der Waals surface area contributed by atoms with Gasteiger partial charge in [-0.3, -0.25) is 4.79 Å². The van der Waals surface area contributed by atoms with Crippen molar-refractivity contribution in [2.24, 2.45) is 5.10 Å². The Labute approximate surface area is 143 Å². The number of rotatable bonds is 5. The first kappa shape index (κ1) is 17.0. The minimum Gasteiger partial charge on any atom is -0.493 e. The number of hydrazone groups is 1. The van der Waals surface area contributed by atoms with Gasteiger partial charge in [0.05, 0.1) is 20.4 Å². The van der Waals surface area contributed by atoms with Gasteiger partial charge in [-0.2, -0.15) is 5.10 Å². The number of aryl methyl sites for hydroxylation is 1. The summed E-state index contributed by atoms with van der Waals surface area (Å²) in [6.07, 6.45) is 1.52. The van der Waals surface area contributed by atoms with Gasteiger partial charge in [0.15, 0.2) is 11.5 Å². The number of methoxy groups -OCH3 is 2. The van der Waals surface area contributed by atoms with Gasteiger partial charge in [0.25, 0.3) is 5.91 Å². The predicted molar refractivity (Wildman–Crippen MR) is 93.5 cm³/mol. The van der Waals surface area contributed by atoms with Crippen molar-refractivity contribution in [3.05, 3.63) is 57.6 Å². The highest BCUT2D eigenvalue weighted by Gasteiger charge is 2.08. The number of amides is 1. The van der Waals surface area contributed by atoms with Crippen LogP contribution in [0.4, 0.5) is 0 Å². The monoisotopic (exact) mass is 376 g/mol. The van der Waals surface area contributed by atoms with Crippen LogP contribution in [0.2, 0.25) is 0 Å². The van der Waals surface area contributed by atoms with E-state index in [0.717, 1.165) is 10.0 Å². The Hall–Kier alpha value is -2.34. The summed E-state index contributed by atoms with van der Waals surface area (Å²) in [5, 5.41) is 3.98. The van der Waals surface area contributed by atoms with Crippen LogP contribution < -0.4 is 14.9 Å². The highest BCUT2D eigenvalue weighted by Crippen LogP contribution is 2.29. The molecule has 1 amide bonds. The smallest absolute Gasteiger partial charge is 0.271 e. The normalized spacial score (nSPS) is 10.6. The second-order valence-corrected chi connectivity index (χ2v) is 5.60. The number of carbonyl (C=O) groups excluding carboxylic acids is 1. The van der Waals surface area contributed by atoms with E-state index in [1.165, 1.54) is 6.21 Å². The van der Waals surface area contributed by atoms with E-state index in [9.17, 15) is 4.79 Å². The highest BCUT2D eigenvalue weighted by molar-refractivity contribution is 9.10. The van der Waals surface area contributed by atoms with Crippen LogP contribution in [0.3, 0.4) is 0 Å². The van der Waals surface area contributed by atoms with Gasteiger partial charge in [0, 0.05) is 15.6 Å². The highest BCUT2D eigenvalue weighted by atomic mass is 79.9. The lowest BCUT2D eigenvalue weighted by atomic mass is 10.1. The van der Waals surface area contributed by atoms with Crippen molar-refractivity contribution in [1.29, 1.82) is 0 Å². The van der Waals surface area contributed by atoms with Crippen molar-refractivity contribution in [3.8, 4) is 11.5 Å². The van der Waals surface area contributed by atoms with Gasteiger partial charge >= 0.3 is 0 Å². The van der Waals surface area contributed by atoms with E-state index in [1.807, 2.05) is 25.1 Å². The van der Waals surface area contributed by atoms with Gasteiger partial charge in [-0.25, -0.2) is 5.43 Å². The lowest BCUT2D eigenvalue weighted by molar-refractivity contribution is 0.0955. The van der Waals surface area contributed by atoms with Crippen molar-refractivity contribution in [3.63, 3.8) is 0 Å². The van der Waals surface area contributed by atoms with Gasteiger partial charge < -0.3 is 9.47 Å². The third-order valence-electron chi connectivity index (χ3n) is 3.24. The molecule has 0 atom stereocenters. The average Bonchev–Trinajstić information content (AvgIpc) is 2.56. The molecule has 0 unspecified atom stereocenters. The lowest BCUT2D eigenvalue weighted by Gasteiger charge is -2.09. The Kier molecular flexibility index (Phi) is 5.76. The van der Waals surface area contributed by atoms with Gasteiger partial charge in [-0.1, -0.05) is 28.1 Å². The molecule has 1 N–H and O–H groups in total. The van der Waals surface area contributed by atoms with Crippen molar-refractivity contribution < 1.29 is 14.3 Å². The van der Waals surface area contributed by atoms with Crippen LogP contribution in [-0.4, -0.2) is 26.3 Å². The van der Waals surface area contributed by atoms with Crippen LogP contribution in [0, 0.1) is 6.92 Å². The summed E-state index contributed by atoms with van der Waals surface area (Å²) < 4.78 is 11.4. The van der Waals surface area contributed by atoms with E-state index in [1.54, 1.807) is 32.4 Å². The molecule has 2 aromatic rings. The fourth-order valence-corrected chi connectivity index (χ4v) is 2.35. The second-order valence-electron chi connectivity index (χ2n) is 4.75. The van der Waals surface area contributed by atoms with Gasteiger partial charge in [-0.15, -0.1) is 0 Å². The Morgan fingerprint density at radius 3 is 2.65 bits per heavy atom. The van der Waals surface area contributed by atoms with Crippen LogP contribution in [0.1, 0.15) is 21.5 Å². The summed E-state index contributed by atoms with van der Waals surface area (Å²) >= 11 is 3.41. The van der Waals surface area contributed by atoms with Crippen molar-refractivity contribution in [2.75, 3.05) is 14.2 Å². The third kappa shape index (κ3) is 4.10. The van der Waals surface area contributed by atoms with E-state index in [-0.39, 0.29) is 5.91 Å². The fourth-order valence-electron chi connectivity index (χ4n) is 1.97. The largest absolute Gasteiger partial charge is 0.493 e. The summed E-state index contributed by atoms with van der Waals surface area (Å²) in [4.78, 5) is 12.1. The third-order valence-corrected chi connectivity index (χ3v) is 4.09. The summed E-state index contributed by atoms with van der Waals surface area (Å²) in [7, 11) is 3.12. The molecule has 0 heterocycles.